The number of sulfone groups is 1. The normalized spacial score (nSPS) is 18.3. The molecule has 1 unspecified atom stereocenters. The highest BCUT2D eigenvalue weighted by atomic mass is 32.2. The lowest BCUT2D eigenvalue weighted by atomic mass is 9.98. The van der Waals surface area contributed by atoms with Crippen LogP contribution in [-0.4, -0.2) is 32.7 Å². The van der Waals surface area contributed by atoms with Gasteiger partial charge in [0.25, 0.3) is 5.91 Å². The first-order chi connectivity index (χ1) is 11.7. The van der Waals surface area contributed by atoms with Crippen molar-refractivity contribution in [1.29, 1.82) is 0 Å². The third kappa shape index (κ3) is 5.42. The molecule has 0 saturated heterocycles. The first-order valence-electron chi connectivity index (χ1n) is 8.14. The second-order valence-electron chi connectivity index (χ2n) is 6.52. The van der Waals surface area contributed by atoms with E-state index in [-0.39, 0.29) is 24.0 Å². The molecule has 1 N–H and O–H groups in total. The lowest BCUT2D eigenvalue weighted by molar-refractivity contribution is -0.147. The lowest BCUT2D eigenvalue weighted by Crippen LogP contribution is -2.23. The maximum atomic E-state index is 12.1. The van der Waals surface area contributed by atoms with Gasteiger partial charge in [-0.15, -0.1) is 0 Å². The smallest absolute Gasteiger partial charge is 0.306 e. The maximum absolute atomic E-state index is 12.1. The van der Waals surface area contributed by atoms with Crippen LogP contribution in [0.2, 0.25) is 0 Å². The molecule has 2 rings (SSSR count). The SMILES string of the molecule is Cc1cccc(C(C)C)c1NC(=O)COC(=O)CC1C=CS(=O)(=O)C1. The zero-order valence-corrected chi connectivity index (χ0v) is 15.4. The van der Waals surface area contributed by atoms with E-state index in [9.17, 15) is 18.0 Å². The van der Waals surface area contributed by atoms with Crippen molar-refractivity contribution in [2.45, 2.75) is 33.1 Å². The van der Waals surface area contributed by atoms with Gasteiger partial charge in [0, 0.05) is 17.0 Å². The average Bonchev–Trinajstić information content (AvgIpc) is 2.85. The Hall–Kier alpha value is -2.15. The highest BCUT2D eigenvalue weighted by molar-refractivity contribution is 7.94. The molecule has 1 heterocycles. The predicted molar refractivity (Wildman–Crippen MR) is 95.9 cm³/mol. The predicted octanol–water partition coefficient (Wildman–Crippen LogP) is 2.55. The molecule has 1 aromatic carbocycles. The van der Waals surface area contributed by atoms with Crippen molar-refractivity contribution in [3.63, 3.8) is 0 Å². The fourth-order valence-corrected chi connectivity index (χ4v) is 4.10. The van der Waals surface area contributed by atoms with Gasteiger partial charge in [0.05, 0.1) is 12.2 Å². The molecule has 1 amide bonds. The molecule has 25 heavy (non-hydrogen) atoms. The number of rotatable bonds is 6. The number of ether oxygens (including phenoxy) is 1. The van der Waals surface area contributed by atoms with Crippen molar-refractivity contribution in [1.82, 2.24) is 0 Å². The summed E-state index contributed by atoms with van der Waals surface area (Å²) in [6.45, 7) is 5.58. The third-order valence-corrected chi connectivity index (χ3v) is 5.45. The van der Waals surface area contributed by atoms with Crippen molar-refractivity contribution in [2.75, 3.05) is 17.7 Å². The summed E-state index contributed by atoms with van der Waals surface area (Å²) in [6.07, 6.45) is 1.43. The van der Waals surface area contributed by atoms with Crippen LogP contribution in [0.1, 0.15) is 37.3 Å². The van der Waals surface area contributed by atoms with Crippen LogP contribution in [0.3, 0.4) is 0 Å². The minimum Gasteiger partial charge on any atom is -0.456 e. The number of carbonyl (C=O) groups is 2. The first kappa shape index (κ1) is 19.2. The Morgan fingerprint density at radius 3 is 2.64 bits per heavy atom. The first-order valence-corrected chi connectivity index (χ1v) is 9.85. The zero-order valence-electron chi connectivity index (χ0n) is 14.6. The molecule has 7 heteroatoms. The van der Waals surface area contributed by atoms with Gasteiger partial charge in [-0.3, -0.25) is 9.59 Å². The minimum absolute atomic E-state index is 0.0510. The van der Waals surface area contributed by atoms with Gasteiger partial charge in [0.1, 0.15) is 0 Å². The van der Waals surface area contributed by atoms with Gasteiger partial charge in [-0.25, -0.2) is 8.42 Å². The van der Waals surface area contributed by atoms with Crippen LogP contribution >= 0.6 is 0 Å². The second kappa shape index (κ2) is 7.82. The number of para-hydroxylation sites is 1. The average molecular weight is 365 g/mol. The number of hydrogen-bond donors (Lipinski definition) is 1. The molecule has 136 valence electrons. The van der Waals surface area contributed by atoms with Crippen molar-refractivity contribution in [2.24, 2.45) is 5.92 Å². The van der Waals surface area contributed by atoms with Gasteiger partial charge >= 0.3 is 5.97 Å². The Bertz CT molecular complexity index is 796. The van der Waals surface area contributed by atoms with Crippen molar-refractivity contribution >= 4 is 27.4 Å². The standard InChI is InChI=1S/C18H23NO5S/c1-12(2)15-6-4-5-13(3)18(15)19-16(20)10-24-17(21)9-14-7-8-25(22,23)11-14/h4-8,12,14H,9-11H2,1-3H3,(H,19,20). The highest BCUT2D eigenvalue weighted by Gasteiger charge is 2.24. The van der Waals surface area contributed by atoms with Gasteiger partial charge < -0.3 is 10.1 Å². The largest absolute Gasteiger partial charge is 0.456 e. The number of hydrogen-bond acceptors (Lipinski definition) is 5. The van der Waals surface area contributed by atoms with Gasteiger partial charge in [-0.2, -0.15) is 0 Å². The number of aryl methyl sites for hydroxylation is 1. The molecule has 0 saturated carbocycles. The number of amides is 1. The lowest BCUT2D eigenvalue weighted by Gasteiger charge is -2.16. The van der Waals surface area contributed by atoms with Gasteiger partial charge in [0.15, 0.2) is 16.4 Å². The van der Waals surface area contributed by atoms with Crippen LogP contribution in [0.5, 0.6) is 0 Å². The Kier molecular flexibility index (Phi) is 6.00. The van der Waals surface area contributed by atoms with E-state index in [2.05, 4.69) is 5.32 Å². The molecule has 0 radical (unpaired) electrons. The number of esters is 1. The molecular formula is C18H23NO5S. The molecule has 1 aliphatic heterocycles. The zero-order chi connectivity index (χ0) is 18.6. The van der Waals surface area contributed by atoms with Crippen LogP contribution in [0, 0.1) is 12.8 Å². The van der Waals surface area contributed by atoms with E-state index in [1.54, 1.807) is 0 Å². The topological polar surface area (TPSA) is 89.5 Å². The van der Waals surface area contributed by atoms with E-state index in [1.165, 1.54) is 6.08 Å². The summed E-state index contributed by atoms with van der Waals surface area (Å²) in [6, 6.07) is 5.79. The molecule has 0 aliphatic carbocycles. The van der Waals surface area contributed by atoms with Crippen molar-refractivity contribution < 1.29 is 22.7 Å². The second-order valence-corrected chi connectivity index (χ2v) is 8.46. The summed E-state index contributed by atoms with van der Waals surface area (Å²) in [5.41, 5.74) is 2.69. The Balaban J connectivity index is 1.87. The maximum Gasteiger partial charge on any atom is 0.306 e. The summed E-state index contributed by atoms with van der Waals surface area (Å²) in [5, 5.41) is 3.91. The van der Waals surface area contributed by atoms with E-state index in [1.807, 2.05) is 39.0 Å². The molecule has 6 nitrogen and oxygen atoms in total. The van der Waals surface area contributed by atoms with Crippen LogP contribution in [-0.2, 0) is 24.2 Å². The molecule has 0 spiro atoms. The van der Waals surface area contributed by atoms with E-state index in [0.29, 0.717) is 0 Å². The molecule has 0 fully saturated rings. The van der Waals surface area contributed by atoms with E-state index < -0.39 is 28.3 Å². The van der Waals surface area contributed by atoms with E-state index in [0.717, 1.165) is 22.2 Å². The third-order valence-electron chi connectivity index (χ3n) is 3.99. The molecule has 1 aromatic rings. The summed E-state index contributed by atoms with van der Waals surface area (Å²) in [4.78, 5) is 23.9. The van der Waals surface area contributed by atoms with Crippen molar-refractivity contribution in [3.05, 3.63) is 40.8 Å². The fraction of sp³-hybridized carbons (Fsp3) is 0.444. The Morgan fingerprint density at radius 2 is 2.04 bits per heavy atom. The molecule has 1 atom stereocenters. The van der Waals surface area contributed by atoms with Crippen molar-refractivity contribution in [3.8, 4) is 0 Å². The van der Waals surface area contributed by atoms with Crippen LogP contribution in [0.25, 0.3) is 0 Å². The Morgan fingerprint density at radius 1 is 1.32 bits per heavy atom. The van der Waals surface area contributed by atoms with Crippen LogP contribution in [0.15, 0.2) is 29.7 Å². The molecule has 0 aromatic heterocycles. The van der Waals surface area contributed by atoms with Crippen LogP contribution in [0.4, 0.5) is 5.69 Å². The fourth-order valence-electron chi connectivity index (χ4n) is 2.70. The van der Waals surface area contributed by atoms with Gasteiger partial charge in [0.2, 0.25) is 0 Å². The summed E-state index contributed by atoms with van der Waals surface area (Å²) < 4.78 is 27.6. The van der Waals surface area contributed by atoms with Gasteiger partial charge in [-0.1, -0.05) is 38.1 Å². The molecule has 0 bridgehead atoms. The van der Waals surface area contributed by atoms with Crippen LogP contribution < -0.4 is 5.32 Å². The number of benzene rings is 1. The minimum atomic E-state index is -3.20. The number of anilines is 1. The highest BCUT2D eigenvalue weighted by Crippen LogP contribution is 2.27. The number of carbonyl (C=O) groups excluding carboxylic acids is 2. The monoisotopic (exact) mass is 365 g/mol. The summed E-state index contributed by atoms with van der Waals surface area (Å²) >= 11 is 0. The van der Waals surface area contributed by atoms with E-state index >= 15 is 0 Å². The summed E-state index contributed by atoms with van der Waals surface area (Å²) in [5.74, 6) is -1.23. The van der Waals surface area contributed by atoms with Gasteiger partial charge in [-0.05, 0) is 24.0 Å². The Labute approximate surface area is 148 Å². The molecule has 1 aliphatic rings. The quantitative estimate of drug-likeness (QED) is 0.783. The summed E-state index contributed by atoms with van der Waals surface area (Å²) in [7, 11) is -3.20. The van der Waals surface area contributed by atoms with E-state index in [4.69, 9.17) is 4.74 Å². The molecular weight excluding hydrogens is 342 g/mol. The number of nitrogens with one attached hydrogen (secondary N) is 1. The number of allylic oxidation sites excluding steroid dienone is 1.